The van der Waals surface area contributed by atoms with Gasteiger partial charge in [-0.25, -0.2) is 4.79 Å². The van der Waals surface area contributed by atoms with E-state index in [1.54, 1.807) is 4.90 Å². The summed E-state index contributed by atoms with van der Waals surface area (Å²) in [5.41, 5.74) is 0. The first-order valence-electron chi connectivity index (χ1n) is 9.77. The number of aliphatic imine (C=N–C) groups is 1. The van der Waals surface area contributed by atoms with Crippen LogP contribution >= 0.6 is 24.0 Å². The molecule has 2 aliphatic rings. The lowest BCUT2D eigenvalue weighted by Gasteiger charge is -2.34. The van der Waals surface area contributed by atoms with E-state index < -0.39 is 0 Å². The van der Waals surface area contributed by atoms with Crippen LogP contribution in [0.5, 0.6) is 0 Å². The van der Waals surface area contributed by atoms with Gasteiger partial charge in [0.2, 0.25) is 0 Å². The number of guanidine groups is 1. The first kappa shape index (κ1) is 23.3. The number of hydrogen-bond donors (Lipinski definition) is 2. The molecule has 7 nitrogen and oxygen atoms in total. The zero-order valence-corrected chi connectivity index (χ0v) is 18.8. The number of rotatable bonds is 5. The van der Waals surface area contributed by atoms with Crippen LogP contribution in [0.3, 0.4) is 0 Å². The van der Waals surface area contributed by atoms with Gasteiger partial charge in [0.25, 0.3) is 0 Å². The van der Waals surface area contributed by atoms with Crippen molar-refractivity contribution in [2.24, 2.45) is 4.99 Å². The molecule has 1 atom stereocenters. The topological polar surface area (TPSA) is 69.2 Å². The molecule has 1 unspecified atom stereocenters. The molecule has 0 aromatic rings. The van der Waals surface area contributed by atoms with Gasteiger partial charge in [-0.3, -0.25) is 9.89 Å². The number of amides is 1. The molecule has 0 bridgehead atoms. The summed E-state index contributed by atoms with van der Waals surface area (Å²) in [7, 11) is 1.81. The van der Waals surface area contributed by atoms with E-state index in [0.29, 0.717) is 18.7 Å². The number of carbonyl (C=O) groups excluding carboxylic acids is 1. The smallest absolute Gasteiger partial charge is 0.409 e. The van der Waals surface area contributed by atoms with E-state index in [1.807, 2.05) is 14.0 Å². The van der Waals surface area contributed by atoms with Gasteiger partial charge in [0.1, 0.15) is 0 Å². The summed E-state index contributed by atoms with van der Waals surface area (Å²) >= 11 is 0. The second kappa shape index (κ2) is 12.6. The van der Waals surface area contributed by atoms with Gasteiger partial charge in [-0.1, -0.05) is 6.42 Å². The molecule has 0 aromatic heterocycles. The van der Waals surface area contributed by atoms with Gasteiger partial charge in [0, 0.05) is 45.3 Å². The number of likely N-dealkylation sites (tertiary alicyclic amines) is 2. The van der Waals surface area contributed by atoms with Crippen LogP contribution in [-0.2, 0) is 4.74 Å². The largest absolute Gasteiger partial charge is 0.450 e. The number of piperidine rings is 2. The lowest BCUT2D eigenvalue weighted by molar-refractivity contribution is 0.0963. The van der Waals surface area contributed by atoms with Crippen molar-refractivity contribution in [3.05, 3.63) is 0 Å². The maximum atomic E-state index is 11.7. The monoisotopic (exact) mass is 481 g/mol. The summed E-state index contributed by atoms with van der Waals surface area (Å²) in [5.74, 6) is 0.860. The Balaban J connectivity index is 0.00000338. The van der Waals surface area contributed by atoms with Crippen LogP contribution in [0.1, 0.15) is 46.0 Å². The normalized spacial score (nSPS) is 22.5. The summed E-state index contributed by atoms with van der Waals surface area (Å²) in [6.07, 6.45) is 5.63. The SMILES string of the molecule is CCOC(=O)N1CCC(NC(=NC)NCCN2CCCCC2C)CC1.I. The molecule has 0 saturated carbocycles. The van der Waals surface area contributed by atoms with Gasteiger partial charge >= 0.3 is 6.09 Å². The first-order valence-corrected chi connectivity index (χ1v) is 9.77. The number of nitrogens with one attached hydrogen (secondary N) is 2. The molecule has 26 heavy (non-hydrogen) atoms. The average Bonchev–Trinajstić information content (AvgIpc) is 2.63. The van der Waals surface area contributed by atoms with Crippen molar-refractivity contribution in [2.45, 2.75) is 58.0 Å². The highest BCUT2D eigenvalue weighted by Gasteiger charge is 2.24. The summed E-state index contributed by atoms with van der Waals surface area (Å²) < 4.78 is 5.06. The minimum Gasteiger partial charge on any atom is -0.450 e. The first-order chi connectivity index (χ1) is 12.1. The van der Waals surface area contributed by atoms with E-state index in [9.17, 15) is 4.79 Å². The van der Waals surface area contributed by atoms with E-state index in [1.165, 1.54) is 25.8 Å². The fourth-order valence-electron chi connectivity index (χ4n) is 3.62. The highest BCUT2D eigenvalue weighted by atomic mass is 127. The molecule has 2 saturated heterocycles. The van der Waals surface area contributed by atoms with Crippen molar-refractivity contribution in [1.82, 2.24) is 20.4 Å². The van der Waals surface area contributed by atoms with E-state index in [2.05, 4.69) is 27.4 Å². The summed E-state index contributed by atoms with van der Waals surface area (Å²) in [6.45, 7) is 9.24. The molecule has 8 heteroatoms. The number of ether oxygens (including phenoxy) is 1. The molecule has 2 aliphatic heterocycles. The minimum absolute atomic E-state index is 0. The highest BCUT2D eigenvalue weighted by Crippen LogP contribution is 2.15. The highest BCUT2D eigenvalue weighted by molar-refractivity contribution is 14.0. The molecule has 2 heterocycles. The molecule has 2 N–H and O–H groups in total. The van der Waals surface area contributed by atoms with Crippen LogP contribution in [0.2, 0.25) is 0 Å². The van der Waals surface area contributed by atoms with Gasteiger partial charge in [0.05, 0.1) is 6.61 Å². The summed E-state index contributed by atoms with van der Waals surface area (Å²) in [5, 5.41) is 6.92. The Hall–Kier alpha value is -0.770. The quantitative estimate of drug-likeness (QED) is 0.358. The number of nitrogens with zero attached hydrogens (tertiary/aromatic N) is 3. The minimum atomic E-state index is -0.195. The van der Waals surface area contributed by atoms with Gasteiger partial charge in [0.15, 0.2) is 5.96 Å². The molecular formula is C18H36IN5O2. The predicted octanol–water partition coefficient (Wildman–Crippen LogP) is 2.26. The fourth-order valence-corrected chi connectivity index (χ4v) is 3.62. The molecule has 2 rings (SSSR count). The van der Waals surface area contributed by atoms with E-state index in [0.717, 1.165) is 45.0 Å². The molecule has 1 amide bonds. The predicted molar refractivity (Wildman–Crippen MR) is 116 cm³/mol. The lowest BCUT2D eigenvalue weighted by atomic mass is 10.0. The standard InChI is InChI=1S/C18H35N5O2.HI/c1-4-25-18(24)23-12-8-16(9-13-23)21-17(19-3)20-10-14-22-11-6-5-7-15(22)2;/h15-16H,4-14H2,1-3H3,(H2,19,20,21);1H. The van der Waals surface area contributed by atoms with Crippen LogP contribution < -0.4 is 10.6 Å². The van der Waals surface area contributed by atoms with Crippen molar-refractivity contribution >= 4 is 36.0 Å². The molecule has 0 spiro atoms. The Morgan fingerprint density at radius 3 is 2.54 bits per heavy atom. The Bertz CT molecular complexity index is 441. The molecule has 0 aliphatic carbocycles. The fraction of sp³-hybridized carbons (Fsp3) is 0.889. The second-order valence-electron chi connectivity index (χ2n) is 6.98. The van der Waals surface area contributed by atoms with E-state index >= 15 is 0 Å². The molecular weight excluding hydrogens is 445 g/mol. The van der Waals surface area contributed by atoms with Gasteiger partial charge in [-0.2, -0.15) is 0 Å². The van der Waals surface area contributed by atoms with Crippen molar-refractivity contribution in [3.63, 3.8) is 0 Å². The maximum Gasteiger partial charge on any atom is 0.409 e. The third kappa shape index (κ3) is 7.46. The van der Waals surface area contributed by atoms with E-state index in [4.69, 9.17) is 4.74 Å². The van der Waals surface area contributed by atoms with Crippen LogP contribution in [0, 0.1) is 0 Å². The van der Waals surface area contributed by atoms with Gasteiger partial charge in [-0.05, 0) is 46.1 Å². The van der Waals surface area contributed by atoms with E-state index in [-0.39, 0.29) is 30.1 Å². The van der Waals surface area contributed by atoms with Crippen LogP contribution in [0.15, 0.2) is 4.99 Å². The third-order valence-corrected chi connectivity index (χ3v) is 5.22. The molecule has 0 radical (unpaired) electrons. The van der Waals surface area contributed by atoms with Crippen LogP contribution in [0.25, 0.3) is 0 Å². The number of halogens is 1. The van der Waals surface area contributed by atoms with Gasteiger partial charge < -0.3 is 20.3 Å². The summed E-state index contributed by atoms with van der Waals surface area (Å²) in [6, 6.07) is 1.04. The molecule has 2 fully saturated rings. The zero-order chi connectivity index (χ0) is 18.1. The maximum absolute atomic E-state index is 11.7. The van der Waals surface area contributed by atoms with Gasteiger partial charge in [-0.15, -0.1) is 24.0 Å². The van der Waals surface area contributed by atoms with Crippen molar-refractivity contribution < 1.29 is 9.53 Å². The van der Waals surface area contributed by atoms with Crippen LogP contribution in [0.4, 0.5) is 4.79 Å². The molecule has 0 aromatic carbocycles. The zero-order valence-electron chi connectivity index (χ0n) is 16.5. The van der Waals surface area contributed by atoms with Crippen molar-refractivity contribution in [1.29, 1.82) is 0 Å². The number of hydrogen-bond acceptors (Lipinski definition) is 4. The third-order valence-electron chi connectivity index (χ3n) is 5.22. The Morgan fingerprint density at radius 1 is 1.19 bits per heavy atom. The summed E-state index contributed by atoms with van der Waals surface area (Å²) in [4.78, 5) is 20.4. The second-order valence-corrected chi connectivity index (χ2v) is 6.98. The Morgan fingerprint density at radius 2 is 1.92 bits per heavy atom. The number of carbonyl (C=O) groups is 1. The van der Waals surface area contributed by atoms with Crippen LogP contribution in [-0.4, -0.2) is 80.3 Å². The Kier molecular flexibility index (Phi) is 11.3. The van der Waals surface area contributed by atoms with Crippen molar-refractivity contribution in [3.8, 4) is 0 Å². The lowest BCUT2D eigenvalue weighted by Crippen LogP contribution is -2.51. The van der Waals surface area contributed by atoms with Crippen molar-refractivity contribution in [2.75, 3.05) is 46.4 Å². The Labute approximate surface area is 175 Å². The average molecular weight is 481 g/mol. The molecule has 152 valence electrons.